The Morgan fingerprint density at radius 2 is 1.81 bits per heavy atom. The van der Waals surface area contributed by atoms with Crippen LogP contribution in [0.25, 0.3) is 0 Å². The van der Waals surface area contributed by atoms with E-state index in [-0.39, 0.29) is 0 Å². The first-order chi connectivity index (χ1) is 7.43. The van der Waals surface area contributed by atoms with Crippen molar-refractivity contribution in [2.45, 2.75) is 11.1 Å². The predicted octanol–water partition coefficient (Wildman–Crippen LogP) is 2.41. The summed E-state index contributed by atoms with van der Waals surface area (Å²) in [5.74, 6) is -2.03. The van der Waals surface area contributed by atoms with Crippen LogP contribution in [0.5, 0.6) is 0 Å². The van der Waals surface area contributed by atoms with Crippen LogP contribution in [0, 0.1) is 0 Å². The monoisotopic (exact) mass is 250 g/mol. The van der Waals surface area contributed by atoms with Gasteiger partial charge >= 0.3 is 12.1 Å². The summed E-state index contributed by atoms with van der Waals surface area (Å²) in [6.45, 7) is 0. The molecule has 0 aliphatic rings. The molecule has 1 rings (SSSR count). The van der Waals surface area contributed by atoms with E-state index in [1.54, 1.807) is 29.7 Å². The van der Waals surface area contributed by atoms with Crippen LogP contribution < -0.4 is 10.9 Å². The van der Waals surface area contributed by atoms with Crippen molar-refractivity contribution in [3.8, 4) is 0 Å². The summed E-state index contributed by atoms with van der Waals surface area (Å²) in [6, 6.07) is 6.60. The number of halogens is 3. The summed E-state index contributed by atoms with van der Waals surface area (Å²) < 4.78 is 35.4. The Labute approximate surface area is 94.4 Å². The second kappa shape index (κ2) is 5.11. The van der Waals surface area contributed by atoms with Crippen LogP contribution >= 0.6 is 11.8 Å². The van der Waals surface area contributed by atoms with Crippen LogP contribution in [0.15, 0.2) is 29.2 Å². The third-order valence-electron chi connectivity index (χ3n) is 1.67. The lowest BCUT2D eigenvalue weighted by molar-refractivity contribution is -0.173. The number of nitrogens with one attached hydrogen (secondary N) is 2. The molecule has 1 aromatic carbocycles. The SMILES string of the molecule is CSc1ccc(NNC(=O)C(F)(F)F)cc1. The summed E-state index contributed by atoms with van der Waals surface area (Å²) in [4.78, 5) is 11.4. The number of hydrogen-bond acceptors (Lipinski definition) is 3. The third-order valence-corrected chi connectivity index (χ3v) is 2.41. The first-order valence-electron chi connectivity index (χ1n) is 4.20. The van der Waals surface area contributed by atoms with Crippen molar-refractivity contribution in [1.82, 2.24) is 5.43 Å². The molecule has 0 spiro atoms. The van der Waals surface area contributed by atoms with Crippen molar-refractivity contribution >= 4 is 23.4 Å². The molecule has 16 heavy (non-hydrogen) atoms. The van der Waals surface area contributed by atoms with Crippen LogP contribution in [-0.2, 0) is 4.79 Å². The Bertz CT molecular complexity index is 364. The van der Waals surface area contributed by atoms with Gasteiger partial charge in [-0.15, -0.1) is 11.8 Å². The van der Waals surface area contributed by atoms with E-state index in [0.717, 1.165) is 4.90 Å². The summed E-state index contributed by atoms with van der Waals surface area (Å²) in [5, 5.41) is 0. The van der Waals surface area contributed by atoms with Crippen LogP contribution in [0.3, 0.4) is 0 Å². The standard InChI is InChI=1S/C9H9F3N2OS/c1-16-7-4-2-6(3-5-7)13-14-8(15)9(10,11)12/h2-5,13H,1H3,(H,14,15). The number of carbonyl (C=O) groups is 1. The average Bonchev–Trinajstić information content (AvgIpc) is 2.25. The maximum Gasteiger partial charge on any atom is 0.472 e. The van der Waals surface area contributed by atoms with E-state index in [1.807, 2.05) is 6.26 Å². The van der Waals surface area contributed by atoms with E-state index in [0.29, 0.717) is 5.69 Å². The van der Waals surface area contributed by atoms with Gasteiger partial charge in [-0.3, -0.25) is 15.6 Å². The van der Waals surface area contributed by atoms with E-state index in [9.17, 15) is 18.0 Å². The molecule has 0 unspecified atom stereocenters. The van der Waals surface area contributed by atoms with Gasteiger partial charge in [-0.2, -0.15) is 13.2 Å². The minimum Gasteiger partial charge on any atom is -0.298 e. The van der Waals surface area contributed by atoms with Gasteiger partial charge < -0.3 is 0 Å². The zero-order chi connectivity index (χ0) is 12.2. The molecule has 2 N–H and O–H groups in total. The summed E-state index contributed by atoms with van der Waals surface area (Å²) in [7, 11) is 0. The number of alkyl halides is 3. The summed E-state index contributed by atoms with van der Waals surface area (Å²) in [6.07, 6.45) is -3.00. The average molecular weight is 250 g/mol. The topological polar surface area (TPSA) is 41.1 Å². The molecule has 88 valence electrons. The lowest BCUT2D eigenvalue weighted by Crippen LogP contribution is -2.40. The van der Waals surface area contributed by atoms with E-state index < -0.39 is 12.1 Å². The number of rotatable bonds is 3. The predicted molar refractivity (Wildman–Crippen MR) is 56.0 cm³/mol. The summed E-state index contributed by atoms with van der Waals surface area (Å²) >= 11 is 1.51. The quantitative estimate of drug-likeness (QED) is 0.639. The van der Waals surface area contributed by atoms with Crippen LogP contribution in [0.4, 0.5) is 18.9 Å². The number of benzene rings is 1. The van der Waals surface area contributed by atoms with Gasteiger partial charge in [-0.1, -0.05) is 0 Å². The molecule has 0 saturated heterocycles. The highest BCUT2D eigenvalue weighted by atomic mass is 32.2. The Kier molecular flexibility index (Phi) is 4.05. The normalized spacial score (nSPS) is 11.0. The Balaban J connectivity index is 2.52. The fraction of sp³-hybridized carbons (Fsp3) is 0.222. The second-order valence-corrected chi connectivity index (χ2v) is 3.69. The van der Waals surface area contributed by atoms with E-state index in [4.69, 9.17) is 0 Å². The zero-order valence-electron chi connectivity index (χ0n) is 8.26. The molecule has 0 bridgehead atoms. The largest absolute Gasteiger partial charge is 0.472 e. The van der Waals surface area contributed by atoms with Crippen molar-refractivity contribution in [2.75, 3.05) is 11.7 Å². The maximum absolute atomic E-state index is 11.8. The third kappa shape index (κ3) is 3.65. The highest BCUT2D eigenvalue weighted by molar-refractivity contribution is 7.98. The molecule has 0 atom stereocenters. The van der Waals surface area contributed by atoms with Crippen LogP contribution in [-0.4, -0.2) is 18.3 Å². The van der Waals surface area contributed by atoms with Gasteiger partial charge in [-0.25, -0.2) is 0 Å². The molecular weight excluding hydrogens is 241 g/mol. The number of thioether (sulfide) groups is 1. The van der Waals surface area contributed by atoms with Gasteiger partial charge in [0.05, 0.1) is 5.69 Å². The van der Waals surface area contributed by atoms with Crippen LogP contribution in [0.1, 0.15) is 0 Å². The highest BCUT2D eigenvalue weighted by Crippen LogP contribution is 2.17. The molecule has 1 aromatic rings. The molecule has 0 saturated carbocycles. The molecule has 0 aliphatic heterocycles. The van der Waals surface area contributed by atoms with Crippen molar-refractivity contribution in [2.24, 2.45) is 0 Å². The van der Waals surface area contributed by atoms with Gasteiger partial charge in [0.2, 0.25) is 0 Å². The smallest absolute Gasteiger partial charge is 0.298 e. The lowest BCUT2D eigenvalue weighted by atomic mass is 10.3. The van der Waals surface area contributed by atoms with E-state index in [2.05, 4.69) is 5.43 Å². The fourth-order valence-electron chi connectivity index (χ4n) is 0.874. The minimum atomic E-state index is -4.88. The second-order valence-electron chi connectivity index (χ2n) is 2.81. The van der Waals surface area contributed by atoms with Crippen molar-refractivity contribution < 1.29 is 18.0 Å². The van der Waals surface area contributed by atoms with Crippen molar-refractivity contribution in [3.05, 3.63) is 24.3 Å². The van der Waals surface area contributed by atoms with E-state index in [1.165, 1.54) is 11.8 Å². The van der Waals surface area contributed by atoms with Crippen LogP contribution in [0.2, 0.25) is 0 Å². The fourth-order valence-corrected chi connectivity index (χ4v) is 1.28. The van der Waals surface area contributed by atoms with Gasteiger partial charge in [0, 0.05) is 4.90 Å². The number of amides is 1. The Morgan fingerprint density at radius 3 is 2.25 bits per heavy atom. The zero-order valence-corrected chi connectivity index (χ0v) is 9.08. The van der Waals surface area contributed by atoms with E-state index >= 15 is 0 Å². The number of hydrogen-bond donors (Lipinski definition) is 2. The van der Waals surface area contributed by atoms with Gasteiger partial charge in [0.15, 0.2) is 0 Å². The molecular formula is C9H9F3N2OS. The molecule has 1 amide bonds. The molecule has 0 radical (unpaired) electrons. The molecule has 7 heteroatoms. The number of hydrazine groups is 1. The molecule has 0 heterocycles. The van der Waals surface area contributed by atoms with Crippen molar-refractivity contribution in [1.29, 1.82) is 0 Å². The van der Waals surface area contributed by atoms with Gasteiger partial charge in [0.25, 0.3) is 0 Å². The Morgan fingerprint density at radius 1 is 1.25 bits per heavy atom. The molecule has 0 fully saturated rings. The molecule has 0 aliphatic carbocycles. The maximum atomic E-state index is 11.8. The lowest BCUT2D eigenvalue weighted by Gasteiger charge is -2.10. The highest BCUT2D eigenvalue weighted by Gasteiger charge is 2.38. The van der Waals surface area contributed by atoms with Gasteiger partial charge in [0.1, 0.15) is 0 Å². The molecule has 3 nitrogen and oxygen atoms in total. The minimum absolute atomic E-state index is 0.385. The van der Waals surface area contributed by atoms with Crippen molar-refractivity contribution in [3.63, 3.8) is 0 Å². The van der Waals surface area contributed by atoms with Gasteiger partial charge in [-0.05, 0) is 30.5 Å². The Hall–Kier alpha value is -1.37. The molecule has 0 aromatic heterocycles. The number of carbonyl (C=O) groups excluding carboxylic acids is 1. The number of anilines is 1. The summed E-state index contributed by atoms with van der Waals surface area (Å²) in [5.41, 5.74) is 4.11. The first-order valence-corrected chi connectivity index (χ1v) is 5.43. The first kappa shape index (κ1) is 12.7.